The zero-order chi connectivity index (χ0) is 11.3. The van der Waals surface area contributed by atoms with E-state index in [9.17, 15) is 4.79 Å². The second kappa shape index (κ2) is 3.31. The lowest BCUT2D eigenvalue weighted by atomic mass is 9.88. The normalized spacial score (nSPS) is 28.5. The largest absolute Gasteiger partial charge is 0.297 e. The Kier molecular flexibility index (Phi) is 2.13. The van der Waals surface area contributed by atoms with E-state index in [0.717, 1.165) is 18.7 Å². The molecule has 3 heteroatoms. The Hall–Kier alpha value is -0.860. The average Bonchev–Trinajstić information content (AvgIpc) is 3.16. The maximum absolute atomic E-state index is 12.4. The molecule has 0 spiro atoms. The maximum Gasteiger partial charge on any atom is 0.256 e. The van der Waals surface area contributed by atoms with Crippen LogP contribution in [0.25, 0.3) is 0 Å². The molecule has 1 radical (unpaired) electrons. The van der Waals surface area contributed by atoms with Crippen LogP contribution in [0.2, 0.25) is 0 Å². The summed E-state index contributed by atoms with van der Waals surface area (Å²) < 4.78 is 0. The molecule has 2 aliphatic carbocycles. The molecular weight excluding hydrogens is 200 g/mol. The summed E-state index contributed by atoms with van der Waals surface area (Å²) in [6.07, 6.45) is 6.63. The predicted octanol–water partition coefficient (Wildman–Crippen LogP) is 2.38. The molecule has 3 aliphatic rings. The summed E-state index contributed by atoms with van der Waals surface area (Å²) in [5.74, 6) is 2.14. The minimum atomic E-state index is -0.369. The number of hydrogen-bond acceptors (Lipinski definition) is 2. The highest BCUT2D eigenvalue weighted by Crippen LogP contribution is 2.56. The zero-order valence-corrected chi connectivity index (χ0v) is 9.91. The van der Waals surface area contributed by atoms with Gasteiger partial charge in [0.1, 0.15) is 11.4 Å². The van der Waals surface area contributed by atoms with Gasteiger partial charge in [-0.15, -0.1) is 0 Å². The van der Waals surface area contributed by atoms with Crippen molar-refractivity contribution in [2.75, 3.05) is 0 Å². The van der Waals surface area contributed by atoms with Gasteiger partial charge < -0.3 is 0 Å². The van der Waals surface area contributed by atoms with Crippen LogP contribution in [0.4, 0.5) is 0 Å². The summed E-state index contributed by atoms with van der Waals surface area (Å²) in [4.78, 5) is 18.8. The van der Waals surface area contributed by atoms with Gasteiger partial charge in [0.25, 0.3) is 5.91 Å². The molecule has 1 amide bonds. The molecule has 0 unspecified atom stereocenters. The third-order valence-corrected chi connectivity index (χ3v) is 4.09. The first-order valence-electron chi connectivity index (χ1n) is 6.44. The lowest BCUT2D eigenvalue weighted by molar-refractivity contribution is -0.131. The summed E-state index contributed by atoms with van der Waals surface area (Å²) in [7, 11) is 3.89. The Morgan fingerprint density at radius 3 is 2.38 bits per heavy atom. The first-order chi connectivity index (χ1) is 7.70. The number of carbonyl (C=O) groups is 1. The van der Waals surface area contributed by atoms with Gasteiger partial charge in [0, 0.05) is 13.5 Å². The van der Waals surface area contributed by atoms with Gasteiger partial charge in [-0.1, -0.05) is 6.92 Å². The van der Waals surface area contributed by atoms with Crippen LogP contribution in [0, 0.1) is 18.9 Å². The SMILES string of the molecule is [CH2]N1C(=O)C(C2CC2)(C2CC2)N=C1CCC. The van der Waals surface area contributed by atoms with Crippen molar-refractivity contribution in [2.24, 2.45) is 16.8 Å². The molecular formula is C13H19N2O. The minimum Gasteiger partial charge on any atom is -0.297 e. The first-order valence-corrected chi connectivity index (χ1v) is 6.44. The Morgan fingerprint density at radius 1 is 1.38 bits per heavy atom. The number of amides is 1. The maximum atomic E-state index is 12.4. The minimum absolute atomic E-state index is 0.181. The van der Waals surface area contributed by atoms with Gasteiger partial charge in [-0.3, -0.25) is 14.7 Å². The molecule has 0 aromatic rings. The van der Waals surface area contributed by atoms with Crippen molar-refractivity contribution in [2.45, 2.75) is 51.0 Å². The average molecular weight is 219 g/mol. The van der Waals surface area contributed by atoms with E-state index >= 15 is 0 Å². The van der Waals surface area contributed by atoms with Crippen LogP contribution in [0.1, 0.15) is 45.4 Å². The molecule has 3 rings (SSSR count). The monoisotopic (exact) mass is 219 g/mol. The molecule has 2 saturated carbocycles. The Balaban J connectivity index is 1.95. The first kappa shape index (κ1) is 10.3. The van der Waals surface area contributed by atoms with E-state index in [-0.39, 0.29) is 11.4 Å². The van der Waals surface area contributed by atoms with Crippen molar-refractivity contribution in [3.63, 3.8) is 0 Å². The van der Waals surface area contributed by atoms with Gasteiger partial charge in [0.2, 0.25) is 0 Å². The van der Waals surface area contributed by atoms with Gasteiger partial charge in [-0.2, -0.15) is 0 Å². The van der Waals surface area contributed by atoms with E-state index in [1.165, 1.54) is 25.7 Å². The molecule has 0 aromatic carbocycles. The molecule has 0 aromatic heterocycles. The highest BCUT2D eigenvalue weighted by atomic mass is 16.2. The van der Waals surface area contributed by atoms with E-state index < -0.39 is 0 Å². The van der Waals surface area contributed by atoms with Crippen molar-refractivity contribution in [1.29, 1.82) is 0 Å². The van der Waals surface area contributed by atoms with Crippen LogP contribution in [-0.2, 0) is 4.79 Å². The fraction of sp³-hybridized carbons (Fsp3) is 0.769. The quantitative estimate of drug-likeness (QED) is 0.714. The van der Waals surface area contributed by atoms with E-state index in [0.29, 0.717) is 11.8 Å². The van der Waals surface area contributed by atoms with E-state index in [2.05, 4.69) is 14.0 Å². The van der Waals surface area contributed by atoms with Gasteiger partial charge in [-0.05, 0) is 43.9 Å². The molecule has 16 heavy (non-hydrogen) atoms. The van der Waals surface area contributed by atoms with Crippen molar-refractivity contribution in [3.8, 4) is 0 Å². The highest BCUT2D eigenvalue weighted by molar-refractivity contribution is 6.09. The fourth-order valence-electron chi connectivity index (χ4n) is 2.98. The van der Waals surface area contributed by atoms with Crippen molar-refractivity contribution in [1.82, 2.24) is 4.90 Å². The molecule has 0 atom stereocenters. The molecule has 1 aliphatic heterocycles. The van der Waals surface area contributed by atoms with Crippen LogP contribution < -0.4 is 0 Å². The Labute approximate surface area is 96.9 Å². The summed E-state index contributed by atoms with van der Waals surface area (Å²) in [6, 6.07) is 0. The van der Waals surface area contributed by atoms with Gasteiger partial charge in [-0.25, -0.2) is 0 Å². The number of carbonyl (C=O) groups excluding carboxylic acids is 1. The molecule has 2 fully saturated rings. The summed E-state index contributed by atoms with van der Waals surface area (Å²) >= 11 is 0. The van der Waals surface area contributed by atoms with Crippen LogP contribution in [0.3, 0.4) is 0 Å². The Bertz CT molecular complexity index is 341. The van der Waals surface area contributed by atoms with E-state index in [1.807, 2.05) is 0 Å². The van der Waals surface area contributed by atoms with Crippen molar-refractivity contribution in [3.05, 3.63) is 7.05 Å². The number of aliphatic imine (C=N–C) groups is 1. The smallest absolute Gasteiger partial charge is 0.256 e. The van der Waals surface area contributed by atoms with Crippen LogP contribution >= 0.6 is 0 Å². The topological polar surface area (TPSA) is 32.7 Å². The highest BCUT2D eigenvalue weighted by Gasteiger charge is 2.62. The predicted molar refractivity (Wildman–Crippen MR) is 62.7 cm³/mol. The van der Waals surface area contributed by atoms with Gasteiger partial charge in [0.05, 0.1) is 0 Å². The molecule has 0 saturated heterocycles. The van der Waals surface area contributed by atoms with Crippen molar-refractivity contribution < 1.29 is 4.79 Å². The zero-order valence-electron chi connectivity index (χ0n) is 9.91. The second-order valence-electron chi connectivity index (χ2n) is 5.39. The fourth-order valence-corrected chi connectivity index (χ4v) is 2.98. The molecule has 1 heterocycles. The lowest BCUT2D eigenvalue weighted by Crippen LogP contribution is -2.43. The summed E-state index contributed by atoms with van der Waals surface area (Å²) in [5, 5.41) is 0. The number of rotatable bonds is 4. The number of amidine groups is 1. The summed E-state index contributed by atoms with van der Waals surface area (Å²) in [6.45, 7) is 2.12. The van der Waals surface area contributed by atoms with Crippen LogP contribution in [0.5, 0.6) is 0 Å². The van der Waals surface area contributed by atoms with Crippen molar-refractivity contribution >= 4 is 11.7 Å². The Morgan fingerprint density at radius 2 is 1.94 bits per heavy atom. The molecule has 0 N–H and O–H groups in total. The van der Waals surface area contributed by atoms with Gasteiger partial charge >= 0.3 is 0 Å². The number of hydrogen-bond donors (Lipinski definition) is 0. The number of nitrogens with zero attached hydrogens (tertiary/aromatic N) is 2. The molecule has 87 valence electrons. The standard InChI is InChI=1S/C13H19N2O/c1-3-4-11-14-13(9-5-6-9,10-7-8-10)12(16)15(11)2/h9-10H,2-8H2,1H3. The summed E-state index contributed by atoms with van der Waals surface area (Å²) in [5.41, 5.74) is -0.369. The third kappa shape index (κ3) is 1.26. The molecule has 3 nitrogen and oxygen atoms in total. The molecule has 0 bridgehead atoms. The van der Waals surface area contributed by atoms with Crippen LogP contribution in [-0.4, -0.2) is 22.2 Å². The van der Waals surface area contributed by atoms with E-state index in [4.69, 9.17) is 4.99 Å². The lowest BCUT2D eigenvalue weighted by Gasteiger charge is -2.24. The second-order valence-corrected chi connectivity index (χ2v) is 5.39. The van der Waals surface area contributed by atoms with Crippen LogP contribution in [0.15, 0.2) is 4.99 Å². The van der Waals surface area contributed by atoms with E-state index in [1.54, 1.807) is 4.90 Å². The third-order valence-electron chi connectivity index (χ3n) is 4.09. The van der Waals surface area contributed by atoms with Gasteiger partial charge in [0.15, 0.2) is 0 Å².